The average molecular weight is 375 g/mol. The Morgan fingerprint density at radius 2 is 2.04 bits per heavy atom. The second-order valence-corrected chi connectivity index (χ2v) is 7.22. The number of aliphatic hydroxyl groups is 1. The number of carbonyl (C=O) groups excluding carboxylic acids is 2. The first-order valence-corrected chi connectivity index (χ1v) is 9.19. The molecule has 9 nitrogen and oxygen atoms in total. The highest BCUT2D eigenvalue weighted by molar-refractivity contribution is 6.10. The van der Waals surface area contributed by atoms with Gasteiger partial charge < -0.3 is 21.0 Å². The van der Waals surface area contributed by atoms with Crippen LogP contribution in [0, 0.1) is 18.8 Å². The van der Waals surface area contributed by atoms with E-state index in [-0.39, 0.29) is 23.6 Å². The number of aliphatic hydroxyl groups excluding tert-OH is 1. The highest BCUT2D eigenvalue weighted by Gasteiger charge is 2.37. The van der Waals surface area contributed by atoms with E-state index in [1.54, 1.807) is 13.1 Å². The number of nitrogens with zero attached hydrogens (tertiary/aromatic N) is 3. The van der Waals surface area contributed by atoms with Gasteiger partial charge in [0.05, 0.1) is 5.71 Å². The lowest BCUT2D eigenvalue weighted by Gasteiger charge is -2.32. The molecule has 2 atom stereocenters. The molecule has 0 aromatic carbocycles. The van der Waals surface area contributed by atoms with Crippen LogP contribution >= 0.6 is 0 Å². The number of rotatable bonds is 5. The van der Waals surface area contributed by atoms with Crippen LogP contribution in [0.15, 0.2) is 11.4 Å². The quantitative estimate of drug-likeness (QED) is 0.676. The van der Waals surface area contributed by atoms with Crippen LogP contribution in [0.25, 0.3) is 0 Å². The molecule has 1 unspecified atom stereocenters. The molecular formula is C18H25N5O4. The van der Waals surface area contributed by atoms with Crippen molar-refractivity contribution in [1.82, 2.24) is 15.3 Å². The molecule has 27 heavy (non-hydrogen) atoms. The van der Waals surface area contributed by atoms with Gasteiger partial charge in [-0.2, -0.15) is 0 Å². The first-order valence-electron chi connectivity index (χ1n) is 9.19. The standard InChI is InChI=1S/C18H25N5O4/c1-9(24)18(26)22-12-5-3-11(4-6-12)14-8-27-23-15(14)13-7-20-10(2)21-16(13)17(19)25/h7,9,11-12,14,24H,3-6,8H2,1-2H3,(H2,19,25)(H,22,26)/t9-,11?,12?,14?/m0/s1. The Hall–Kier alpha value is -2.55. The number of oxime groups is 1. The molecule has 2 amide bonds. The van der Waals surface area contributed by atoms with Gasteiger partial charge in [-0.15, -0.1) is 0 Å². The Bertz CT molecular complexity index is 756. The summed E-state index contributed by atoms with van der Waals surface area (Å²) in [6.07, 6.45) is 3.99. The lowest BCUT2D eigenvalue weighted by atomic mass is 9.75. The summed E-state index contributed by atoms with van der Waals surface area (Å²) in [4.78, 5) is 37.1. The van der Waals surface area contributed by atoms with Gasteiger partial charge in [-0.1, -0.05) is 5.16 Å². The maximum Gasteiger partial charge on any atom is 0.268 e. The zero-order chi connectivity index (χ0) is 19.6. The van der Waals surface area contributed by atoms with Crippen LogP contribution in [0.4, 0.5) is 0 Å². The maximum atomic E-state index is 11.8. The molecule has 1 aliphatic carbocycles. The van der Waals surface area contributed by atoms with Crippen LogP contribution in [0.2, 0.25) is 0 Å². The van der Waals surface area contributed by atoms with Crippen molar-refractivity contribution in [2.24, 2.45) is 22.7 Å². The van der Waals surface area contributed by atoms with Crippen LogP contribution in [0.5, 0.6) is 0 Å². The number of amides is 2. The molecule has 4 N–H and O–H groups in total. The van der Waals surface area contributed by atoms with Crippen molar-refractivity contribution in [3.05, 3.63) is 23.3 Å². The SMILES string of the molecule is Cc1ncc(C2=NOCC2C2CCC(NC(=O)[C@H](C)O)CC2)c(C(N)=O)n1. The Balaban J connectivity index is 1.70. The molecule has 3 rings (SSSR count). The van der Waals surface area contributed by atoms with Gasteiger partial charge in [-0.3, -0.25) is 9.59 Å². The third kappa shape index (κ3) is 4.24. The van der Waals surface area contributed by atoms with Crippen molar-refractivity contribution in [2.75, 3.05) is 6.61 Å². The maximum absolute atomic E-state index is 11.8. The molecule has 1 saturated carbocycles. The molecule has 1 aromatic heterocycles. The number of carbonyl (C=O) groups is 2. The lowest BCUT2D eigenvalue weighted by molar-refractivity contribution is -0.129. The van der Waals surface area contributed by atoms with E-state index < -0.39 is 12.0 Å². The Morgan fingerprint density at radius 3 is 2.67 bits per heavy atom. The molecular weight excluding hydrogens is 350 g/mol. The van der Waals surface area contributed by atoms with Gasteiger partial charge in [0.1, 0.15) is 24.2 Å². The van der Waals surface area contributed by atoms with E-state index in [0.29, 0.717) is 29.6 Å². The predicted octanol–water partition coefficient (Wildman–Crippen LogP) is 0.290. The van der Waals surface area contributed by atoms with E-state index in [1.807, 2.05) is 0 Å². The number of nitrogens with one attached hydrogen (secondary N) is 1. The summed E-state index contributed by atoms with van der Waals surface area (Å²) in [5, 5.41) is 16.4. The van der Waals surface area contributed by atoms with Gasteiger partial charge in [0.25, 0.3) is 5.91 Å². The molecule has 0 radical (unpaired) electrons. The number of hydrogen-bond acceptors (Lipinski definition) is 7. The first-order chi connectivity index (χ1) is 12.9. The Morgan fingerprint density at radius 1 is 1.33 bits per heavy atom. The molecule has 2 aliphatic rings. The van der Waals surface area contributed by atoms with Crippen molar-refractivity contribution in [3.8, 4) is 0 Å². The molecule has 1 fully saturated rings. The monoisotopic (exact) mass is 375 g/mol. The summed E-state index contributed by atoms with van der Waals surface area (Å²) < 4.78 is 0. The second-order valence-electron chi connectivity index (χ2n) is 7.22. The van der Waals surface area contributed by atoms with Crippen LogP contribution in [-0.2, 0) is 9.63 Å². The minimum Gasteiger partial charge on any atom is -0.395 e. The average Bonchev–Trinajstić information content (AvgIpc) is 3.11. The lowest BCUT2D eigenvalue weighted by Crippen LogP contribution is -2.43. The fourth-order valence-corrected chi connectivity index (χ4v) is 3.77. The summed E-state index contributed by atoms with van der Waals surface area (Å²) in [5.41, 5.74) is 6.83. The second kappa shape index (κ2) is 7.99. The van der Waals surface area contributed by atoms with E-state index in [9.17, 15) is 14.7 Å². The van der Waals surface area contributed by atoms with Gasteiger partial charge in [0, 0.05) is 23.7 Å². The van der Waals surface area contributed by atoms with Gasteiger partial charge >= 0.3 is 0 Å². The summed E-state index contributed by atoms with van der Waals surface area (Å²) in [5.74, 6) is -0.144. The Labute approximate surface area is 157 Å². The molecule has 1 aliphatic heterocycles. The summed E-state index contributed by atoms with van der Waals surface area (Å²) in [7, 11) is 0. The molecule has 0 bridgehead atoms. The molecule has 0 spiro atoms. The number of nitrogens with two attached hydrogens (primary N) is 1. The van der Waals surface area contributed by atoms with E-state index in [2.05, 4.69) is 20.4 Å². The third-order valence-corrected chi connectivity index (χ3v) is 5.25. The van der Waals surface area contributed by atoms with Gasteiger partial charge in [-0.25, -0.2) is 9.97 Å². The van der Waals surface area contributed by atoms with Crippen LogP contribution in [0.3, 0.4) is 0 Å². The van der Waals surface area contributed by atoms with E-state index in [1.165, 1.54) is 6.92 Å². The number of aryl methyl sites for hydroxylation is 1. The third-order valence-electron chi connectivity index (χ3n) is 5.25. The fraction of sp³-hybridized carbons (Fsp3) is 0.611. The van der Waals surface area contributed by atoms with Crippen LogP contribution < -0.4 is 11.1 Å². The number of hydrogen-bond donors (Lipinski definition) is 3. The highest BCUT2D eigenvalue weighted by atomic mass is 16.6. The van der Waals surface area contributed by atoms with Crippen LogP contribution in [0.1, 0.15) is 54.5 Å². The topological polar surface area (TPSA) is 140 Å². The van der Waals surface area contributed by atoms with Crippen molar-refractivity contribution in [2.45, 2.75) is 51.7 Å². The number of aromatic nitrogens is 2. The molecule has 2 heterocycles. The highest BCUT2D eigenvalue weighted by Crippen LogP contribution is 2.35. The smallest absolute Gasteiger partial charge is 0.268 e. The zero-order valence-corrected chi connectivity index (χ0v) is 15.5. The molecule has 146 valence electrons. The first kappa shape index (κ1) is 19.2. The number of primary amides is 1. The minimum atomic E-state index is -1.00. The summed E-state index contributed by atoms with van der Waals surface area (Å²) in [6.45, 7) is 3.60. The molecule has 0 saturated heterocycles. The zero-order valence-electron chi connectivity index (χ0n) is 15.5. The molecule has 9 heteroatoms. The van der Waals surface area contributed by atoms with Crippen molar-refractivity contribution < 1.29 is 19.5 Å². The van der Waals surface area contributed by atoms with Crippen LogP contribution in [-0.4, -0.2) is 51.4 Å². The fourth-order valence-electron chi connectivity index (χ4n) is 3.77. The van der Waals surface area contributed by atoms with Crippen molar-refractivity contribution in [1.29, 1.82) is 0 Å². The van der Waals surface area contributed by atoms with E-state index in [0.717, 1.165) is 25.7 Å². The largest absolute Gasteiger partial charge is 0.395 e. The van der Waals surface area contributed by atoms with Crippen molar-refractivity contribution in [3.63, 3.8) is 0 Å². The summed E-state index contributed by atoms with van der Waals surface area (Å²) in [6, 6.07) is 0.0648. The minimum absolute atomic E-state index is 0.0304. The molecule has 1 aromatic rings. The summed E-state index contributed by atoms with van der Waals surface area (Å²) >= 11 is 0. The van der Waals surface area contributed by atoms with Gasteiger partial charge in [0.15, 0.2) is 0 Å². The van der Waals surface area contributed by atoms with E-state index >= 15 is 0 Å². The predicted molar refractivity (Wildman–Crippen MR) is 96.8 cm³/mol. The van der Waals surface area contributed by atoms with Crippen molar-refractivity contribution >= 4 is 17.5 Å². The van der Waals surface area contributed by atoms with Gasteiger partial charge in [0.2, 0.25) is 5.91 Å². The van der Waals surface area contributed by atoms with E-state index in [4.69, 9.17) is 10.6 Å². The Kier molecular flexibility index (Phi) is 5.69. The normalized spacial score (nSPS) is 26.0. The van der Waals surface area contributed by atoms with Gasteiger partial charge in [-0.05, 0) is 45.4 Å².